The van der Waals surface area contributed by atoms with E-state index < -0.39 is 0 Å². The van der Waals surface area contributed by atoms with Crippen molar-refractivity contribution in [3.05, 3.63) is 69.4 Å². The van der Waals surface area contributed by atoms with E-state index in [2.05, 4.69) is 5.10 Å². The van der Waals surface area contributed by atoms with Crippen LogP contribution in [0.4, 0.5) is 0 Å². The van der Waals surface area contributed by atoms with Gasteiger partial charge in [-0.3, -0.25) is 9.36 Å². The molecule has 3 aromatic rings. The summed E-state index contributed by atoms with van der Waals surface area (Å²) in [5, 5.41) is 4.78. The molecule has 0 aliphatic carbocycles. The van der Waals surface area contributed by atoms with E-state index in [0.29, 0.717) is 22.9 Å². The number of hydrogen-bond acceptors (Lipinski definition) is 2. The Morgan fingerprint density at radius 3 is 2.68 bits per heavy atom. The lowest BCUT2D eigenvalue weighted by Gasteiger charge is -2.10. The first-order chi connectivity index (χ1) is 9.16. The van der Waals surface area contributed by atoms with Gasteiger partial charge in [-0.2, -0.15) is 5.10 Å². The Hall–Kier alpha value is -2.07. The molecule has 2 heterocycles. The van der Waals surface area contributed by atoms with Gasteiger partial charge in [0.05, 0.1) is 11.6 Å². The molecule has 4 nitrogen and oxygen atoms in total. The van der Waals surface area contributed by atoms with Crippen LogP contribution in [0, 0.1) is 6.92 Å². The second kappa shape index (κ2) is 4.55. The molecule has 1 aromatic carbocycles. The number of halogens is 1. The van der Waals surface area contributed by atoms with Crippen LogP contribution in [0.3, 0.4) is 0 Å². The molecule has 0 fully saturated rings. The molecule has 5 heteroatoms. The average molecular weight is 274 g/mol. The zero-order valence-corrected chi connectivity index (χ0v) is 11.1. The Balaban J connectivity index is 2.18. The Morgan fingerprint density at radius 1 is 1.21 bits per heavy atom. The van der Waals surface area contributed by atoms with Crippen LogP contribution in [-0.2, 0) is 6.54 Å². The van der Waals surface area contributed by atoms with Crippen molar-refractivity contribution in [1.82, 2.24) is 14.2 Å². The zero-order chi connectivity index (χ0) is 13.4. The van der Waals surface area contributed by atoms with Crippen LogP contribution in [-0.4, -0.2) is 14.2 Å². The third-order valence-electron chi connectivity index (χ3n) is 3.09. The highest BCUT2D eigenvalue weighted by atomic mass is 35.5. The highest BCUT2D eigenvalue weighted by Gasteiger charge is 2.11. The molecule has 0 unspecified atom stereocenters. The molecule has 0 amide bonds. The second-order valence-electron chi connectivity index (χ2n) is 4.38. The molecule has 0 saturated carbocycles. The lowest BCUT2D eigenvalue weighted by Crippen LogP contribution is -2.26. The molecule has 0 bridgehead atoms. The van der Waals surface area contributed by atoms with E-state index in [1.807, 2.05) is 37.3 Å². The van der Waals surface area contributed by atoms with E-state index >= 15 is 0 Å². The summed E-state index contributed by atoms with van der Waals surface area (Å²) in [5.41, 5.74) is 1.36. The first kappa shape index (κ1) is 12.0. The van der Waals surface area contributed by atoms with Crippen molar-refractivity contribution in [3.63, 3.8) is 0 Å². The molecule has 19 heavy (non-hydrogen) atoms. The van der Waals surface area contributed by atoms with Gasteiger partial charge in [-0.25, -0.2) is 4.52 Å². The summed E-state index contributed by atoms with van der Waals surface area (Å²) < 4.78 is 3.16. The Bertz CT molecular complexity index is 790. The molecule has 3 rings (SSSR count). The maximum atomic E-state index is 12.5. The maximum absolute atomic E-state index is 12.5. The third kappa shape index (κ3) is 2.04. The van der Waals surface area contributed by atoms with Gasteiger partial charge in [0, 0.05) is 6.20 Å². The number of aryl methyl sites for hydroxylation is 1. The van der Waals surface area contributed by atoms with Crippen molar-refractivity contribution in [2.24, 2.45) is 0 Å². The van der Waals surface area contributed by atoms with E-state index in [1.54, 1.807) is 16.8 Å². The number of hydrogen-bond donors (Lipinski definition) is 0. The Morgan fingerprint density at radius 2 is 1.95 bits per heavy atom. The summed E-state index contributed by atoms with van der Waals surface area (Å²) in [4.78, 5) is 12.5. The van der Waals surface area contributed by atoms with Crippen molar-refractivity contribution in [2.45, 2.75) is 13.5 Å². The number of benzene rings is 1. The first-order valence-electron chi connectivity index (χ1n) is 5.95. The molecule has 0 atom stereocenters. The van der Waals surface area contributed by atoms with E-state index in [0.717, 1.165) is 5.56 Å². The van der Waals surface area contributed by atoms with Gasteiger partial charge in [0.2, 0.25) is 0 Å². The van der Waals surface area contributed by atoms with Gasteiger partial charge in [-0.05, 0) is 18.6 Å². The molecule has 0 aliphatic rings. The second-order valence-corrected chi connectivity index (χ2v) is 4.79. The fraction of sp³-hybridized carbons (Fsp3) is 0.143. The van der Waals surface area contributed by atoms with E-state index in [1.165, 1.54) is 4.52 Å². The minimum atomic E-state index is -0.119. The minimum Gasteiger partial charge on any atom is -0.289 e. The summed E-state index contributed by atoms with van der Waals surface area (Å²) in [6.07, 6.45) is 1.69. The van der Waals surface area contributed by atoms with Crippen LogP contribution in [0.5, 0.6) is 0 Å². The number of nitrogens with zero attached hydrogens (tertiary/aromatic N) is 3. The molecule has 0 N–H and O–H groups in total. The molecule has 96 valence electrons. The molecular weight excluding hydrogens is 262 g/mol. The first-order valence-corrected chi connectivity index (χ1v) is 6.33. The molecule has 0 aliphatic heterocycles. The normalized spacial score (nSPS) is 11.1. The SMILES string of the molecule is Cc1nn2ccc(Cl)c2c(=O)n1Cc1ccccc1. The predicted molar refractivity (Wildman–Crippen MR) is 74.7 cm³/mol. The minimum absolute atomic E-state index is 0.119. The molecule has 0 spiro atoms. The molecule has 2 aromatic heterocycles. The van der Waals surface area contributed by atoms with Gasteiger partial charge in [-0.1, -0.05) is 41.9 Å². The summed E-state index contributed by atoms with van der Waals surface area (Å²) in [5.74, 6) is 0.661. The van der Waals surface area contributed by atoms with Gasteiger partial charge >= 0.3 is 0 Å². The van der Waals surface area contributed by atoms with Crippen LogP contribution in [0.25, 0.3) is 5.52 Å². The molecule has 0 radical (unpaired) electrons. The molecule has 0 saturated heterocycles. The summed E-state index contributed by atoms with van der Waals surface area (Å²) in [7, 11) is 0. The Kier molecular flexibility index (Phi) is 2.87. The average Bonchev–Trinajstić information content (AvgIpc) is 2.77. The smallest absolute Gasteiger partial charge is 0.279 e. The predicted octanol–water partition coefficient (Wildman–Crippen LogP) is 2.51. The van der Waals surface area contributed by atoms with Crippen molar-refractivity contribution in [2.75, 3.05) is 0 Å². The lowest BCUT2D eigenvalue weighted by molar-refractivity contribution is 0.666. The monoisotopic (exact) mass is 273 g/mol. The van der Waals surface area contributed by atoms with Crippen LogP contribution in [0.15, 0.2) is 47.4 Å². The molecular formula is C14H12ClN3O. The van der Waals surface area contributed by atoms with Gasteiger partial charge in [-0.15, -0.1) is 0 Å². The largest absolute Gasteiger partial charge is 0.289 e. The van der Waals surface area contributed by atoms with Gasteiger partial charge in [0.15, 0.2) is 0 Å². The van der Waals surface area contributed by atoms with Gasteiger partial charge in [0.25, 0.3) is 5.56 Å². The van der Waals surface area contributed by atoms with Crippen molar-refractivity contribution < 1.29 is 0 Å². The fourth-order valence-electron chi connectivity index (χ4n) is 2.12. The zero-order valence-electron chi connectivity index (χ0n) is 10.4. The summed E-state index contributed by atoms with van der Waals surface area (Å²) >= 11 is 6.03. The van der Waals surface area contributed by atoms with Crippen molar-refractivity contribution >= 4 is 17.1 Å². The quantitative estimate of drug-likeness (QED) is 0.720. The summed E-state index contributed by atoms with van der Waals surface area (Å²) in [6.45, 7) is 2.31. The number of aromatic nitrogens is 3. The van der Waals surface area contributed by atoms with Crippen LogP contribution >= 0.6 is 11.6 Å². The van der Waals surface area contributed by atoms with E-state index in [4.69, 9.17) is 11.6 Å². The van der Waals surface area contributed by atoms with Gasteiger partial charge < -0.3 is 0 Å². The van der Waals surface area contributed by atoms with Gasteiger partial charge in [0.1, 0.15) is 11.3 Å². The topological polar surface area (TPSA) is 39.3 Å². The highest BCUT2D eigenvalue weighted by Crippen LogP contribution is 2.14. The van der Waals surface area contributed by atoms with Crippen LogP contribution < -0.4 is 5.56 Å². The van der Waals surface area contributed by atoms with Crippen molar-refractivity contribution in [3.8, 4) is 0 Å². The number of fused-ring (bicyclic) bond motifs is 1. The standard InChI is InChI=1S/C14H12ClN3O/c1-10-16-18-8-7-12(15)13(18)14(19)17(10)9-11-5-3-2-4-6-11/h2-8H,9H2,1H3. The summed E-state index contributed by atoms with van der Waals surface area (Å²) in [6, 6.07) is 11.5. The van der Waals surface area contributed by atoms with Crippen LogP contribution in [0.1, 0.15) is 11.4 Å². The number of rotatable bonds is 2. The van der Waals surface area contributed by atoms with E-state index in [9.17, 15) is 4.79 Å². The third-order valence-corrected chi connectivity index (χ3v) is 3.40. The highest BCUT2D eigenvalue weighted by molar-refractivity contribution is 6.33. The van der Waals surface area contributed by atoms with Crippen molar-refractivity contribution in [1.29, 1.82) is 0 Å². The maximum Gasteiger partial charge on any atom is 0.279 e. The van der Waals surface area contributed by atoms with Crippen LogP contribution in [0.2, 0.25) is 5.02 Å². The fourth-order valence-corrected chi connectivity index (χ4v) is 2.34. The van der Waals surface area contributed by atoms with E-state index in [-0.39, 0.29) is 5.56 Å². The lowest BCUT2D eigenvalue weighted by atomic mass is 10.2. The Labute approximate surface area is 114 Å².